The normalized spacial score (nSPS) is 12.2. The highest BCUT2D eigenvalue weighted by Gasteiger charge is 2.25. The Bertz CT molecular complexity index is 652. The number of benzene rings is 1. The van der Waals surface area contributed by atoms with Crippen LogP contribution in [0.5, 0.6) is 5.75 Å². The van der Waals surface area contributed by atoms with Gasteiger partial charge >= 0.3 is 0 Å². The Labute approximate surface area is 151 Å². The molecule has 0 saturated carbocycles. The average molecular weight is 348 g/mol. The summed E-state index contributed by atoms with van der Waals surface area (Å²) in [5.41, 5.74) is 2.37. The summed E-state index contributed by atoms with van der Waals surface area (Å²) in [5.74, 6) is 4.92. The van der Waals surface area contributed by atoms with Gasteiger partial charge in [-0.3, -0.25) is 9.59 Å². The van der Waals surface area contributed by atoms with E-state index in [9.17, 15) is 14.7 Å². The minimum absolute atomic E-state index is 0.0764. The fraction of sp³-hybridized carbons (Fsp3) is 0.600. The highest BCUT2D eigenvalue weighted by Crippen LogP contribution is 2.38. The highest BCUT2D eigenvalue weighted by atomic mass is 16.3. The monoisotopic (exact) mass is 348 g/mol. The van der Waals surface area contributed by atoms with Gasteiger partial charge in [0.15, 0.2) is 0 Å². The Balaban J connectivity index is 3.18. The molecule has 0 fully saturated rings. The summed E-state index contributed by atoms with van der Waals surface area (Å²) in [4.78, 5) is 23.6. The molecule has 3 N–H and O–H groups in total. The van der Waals surface area contributed by atoms with Crippen LogP contribution in [0.2, 0.25) is 0 Å². The second kappa shape index (κ2) is 7.56. The first kappa shape index (κ1) is 21.2. The molecular weight excluding hydrogens is 316 g/mol. The van der Waals surface area contributed by atoms with Crippen molar-refractivity contribution in [2.45, 2.75) is 78.6 Å². The summed E-state index contributed by atoms with van der Waals surface area (Å²) in [5, 5.41) is 11.4. The largest absolute Gasteiger partial charge is 0.507 e. The number of carbonyl (C=O) groups is 2. The lowest BCUT2D eigenvalue weighted by molar-refractivity contribution is -0.145. The molecule has 1 aromatic rings. The fourth-order valence-corrected chi connectivity index (χ4v) is 2.56. The maximum Gasteiger partial charge on any atom is 0.243 e. The number of phenols is 1. The zero-order valence-electron chi connectivity index (χ0n) is 16.6. The van der Waals surface area contributed by atoms with Crippen LogP contribution in [0.1, 0.15) is 78.0 Å². The number of carbonyl (C=O) groups excluding carboxylic acids is 2. The lowest BCUT2D eigenvalue weighted by Gasteiger charge is -2.27. The quantitative estimate of drug-likeness (QED) is 0.495. The number of rotatable bonds is 4. The third-order valence-corrected chi connectivity index (χ3v) is 4.31. The van der Waals surface area contributed by atoms with E-state index in [4.69, 9.17) is 5.84 Å². The molecule has 5 nitrogen and oxygen atoms in total. The summed E-state index contributed by atoms with van der Waals surface area (Å²) >= 11 is 0. The molecule has 0 aromatic heterocycles. The van der Waals surface area contributed by atoms with Crippen LogP contribution in [-0.2, 0) is 26.8 Å². The SMILES string of the molecule is CCC(=O)N(N)C(=O)CCc1cc(C(C)(C)C)cc(C(C)(C)C)c1O. The molecule has 0 aliphatic carbocycles. The predicted molar refractivity (Wildman–Crippen MR) is 100 cm³/mol. The molecule has 0 bridgehead atoms. The van der Waals surface area contributed by atoms with E-state index < -0.39 is 11.8 Å². The first-order valence-electron chi connectivity index (χ1n) is 8.76. The molecule has 25 heavy (non-hydrogen) atoms. The number of aryl methyl sites for hydroxylation is 1. The number of hydrogen-bond donors (Lipinski definition) is 2. The minimum atomic E-state index is -0.440. The van der Waals surface area contributed by atoms with Crippen molar-refractivity contribution in [2.75, 3.05) is 0 Å². The maximum absolute atomic E-state index is 12.1. The number of hydrogen-bond acceptors (Lipinski definition) is 4. The minimum Gasteiger partial charge on any atom is -0.507 e. The second-order valence-electron chi connectivity index (χ2n) is 8.54. The molecular formula is C20H32N2O3. The molecule has 0 heterocycles. The molecule has 5 heteroatoms. The van der Waals surface area contributed by atoms with Gasteiger partial charge in [-0.25, -0.2) is 10.9 Å². The van der Waals surface area contributed by atoms with E-state index in [0.29, 0.717) is 17.0 Å². The fourth-order valence-electron chi connectivity index (χ4n) is 2.56. The predicted octanol–water partition coefficient (Wildman–Crippen LogP) is 3.56. The van der Waals surface area contributed by atoms with Gasteiger partial charge in [0.25, 0.3) is 0 Å². The van der Waals surface area contributed by atoms with E-state index in [0.717, 1.165) is 11.1 Å². The van der Waals surface area contributed by atoms with Gasteiger partial charge in [-0.1, -0.05) is 60.6 Å². The van der Waals surface area contributed by atoms with Gasteiger partial charge < -0.3 is 5.11 Å². The molecule has 140 valence electrons. The Kier molecular flexibility index (Phi) is 6.40. The van der Waals surface area contributed by atoms with Crippen LogP contribution in [0, 0.1) is 0 Å². The molecule has 0 atom stereocenters. The number of imide groups is 1. The molecule has 0 radical (unpaired) electrons. The van der Waals surface area contributed by atoms with Gasteiger partial charge in [0.1, 0.15) is 5.75 Å². The van der Waals surface area contributed by atoms with Crippen molar-refractivity contribution in [1.82, 2.24) is 5.01 Å². The zero-order valence-corrected chi connectivity index (χ0v) is 16.6. The van der Waals surface area contributed by atoms with E-state index in [2.05, 4.69) is 20.8 Å². The molecule has 2 amide bonds. The summed E-state index contributed by atoms with van der Waals surface area (Å²) in [6.07, 6.45) is 0.594. The summed E-state index contributed by atoms with van der Waals surface area (Å²) in [7, 11) is 0. The summed E-state index contributed by atoms with van der Waals surface area (Å²) in [6.45, 7) is 14.1. The van der Waals surface area contributed by atoms with Gasteiger partial charge in [-0.2, -0.15) is 0 Å². The topological polar surface area (TPSA) is 83.6 Å². The van der Waals surface area contributed by atoms with Crippen LogP contribution < -0.4 is 5.84 Å². The Morgan fingerprint density at radius 2 is 1.60 bits per heavy atom. The zero-order chi connectivity index (χ0) is 19.6. The van der Waals surface area contributed by atoms with Crippen LogP contribution in [0.25, 0.3) is 0 Å². The Morgan fingerprint density at radius 1 is 1.04 bits per heavy atom. The average Bonchev–Trinajstić information content (AvgIpc) is 2.49. The van der Waals surface area contributed by atoms with E-state index in [-0.39, 0.29) is 29.4 Å². The van der Waals surface area contributed by atoms with E-state index in [1.54, 1.807) is 6.92 Å². The highest BCUT2D eigenvalue weighted by molar-refractivity contribution is 5.94. The van der Waals surface area contributed by atoms with Crippen LogP contribution in [0.3, 0.4) is 0 Å². The van der Waals surface area contributed by atoms with Crippen LogP contribution >= 0.6 is 0 Å². The summed E-state index contributed by atoms with van der Waals surface area (Å²) in [6, 6.07) is 3.98. The number of amides is 2. The lowest BCUT2D eigenvalue weighted by atomic mass is 9.78. The van der Waals surface area contributed by atoms with Crippen molar-refractivity contribution in [3.63, 3.8) is 0 Å². The molecule has 0 saturated heterocycles. The van der Waals surface area contributed by atoms with Gasteiger partial charge in [0.2, 0.25) is 11.8 Å². The van der Waals surface area contributed by atoms with E-state index >= 15 is 0 Å². The van der Waals surface area contributed by atoms with Crippen LogP contribution in [0.15, 0.2) is 12.1 Å². The number of aromatic hydroxyl groups is 1. The number of phenolic OH excluding ortho intramolecular Hbond substituents is 1. The van der Waals surface area contributed by atoms with Gasteiger partial charge in [0.05, 0.1) is 0 Å². The Hall–Kier alpha value is -1.88. The Morgan fingerprint density at radius 3 is 2.04 bits per heavy atom. The molecule has 0 aliphatic rings. The lowest BCUT2D eigenvalue weighted by Crippen LogP contribution is -2.42. The third kappa shape index (κ3) is 5.30. The standard InChI is InChI=1S/C20H32N2O3/c1-8-16(23)22(21)17(24)10-9-13-11-14(19(2,3)4)12-15(18(13)25)20(5,6)7/h11-12,25H,8-10,21H2,1-7H3. The first-order valence-corrected chi connectivity index (χ1v) is 8.76. The molecule has 0 unspecified atom stereocenters. The van der Waals surface area contributed by atoms with Gasteiger partial charge in [-0.05, 0) is 33.9 Å². The molecule has 0 spiro atoms. The number of nitrogens with two attached hydrogens (primary N) is 1. The first-order chi connectivity index (χ1) is 11.3. The second-order valence-corrected chi connectivity index (χ2v) is 8.54. The van der Waals surface area contributed by atoms with Crippen LogP contribution in [-0.4, -0.2) is 21.9 Å². The molecule has 1 aromatic carbocycles. The van der Waals surface area contributed by atoms with Crippen molar-refractivity contribution in [3.8, 4) is 5.75 Å². The van der Waals surface area contributed by atoms with Crippen molar-refractivity contribution in [2.24, 2.45) is 5.84 Å². The number of hydrazine groups is 1. The maximum atomic E-state index is 12.1. The third-order valence-electron chi connectivity index (χ3n) is 4.31. The molecule has 1 rings (SSSR count). The molecule has 0 aliphatic heterocycles. The van der Waals surface area contributed by atoms with Crippen molar-refractivity contribution < 1.29 is 14.7 Å². The van der Waals surface area contributed by atoms with Crippen molar-refractivity contribution in [1.29, 1.82) is 0 Å². The number of nitrogens with zero attached hydrogens (tertiary/aromatic N) is 1. The van der Waals surface area contributed by atoms with Crippen LogP contribution in [0.4, 0.5) is 0 Å². The van der Waals surface area contributed by atoms with Gasteiger partial charge in [0, 0.05) is 12.8 Å². The van der Waals surface area contributed by atoms with Gasteiger partial charge in [-0.15, -0.1) is 0 Å². The van der Waals surface area contributed by atoms with Crippen molar-refractivity contribution in [3.05, 3.63) is 28.8 Å². The summed E-state index contributed by atoms with van der Waals surface area (Å²) < 4.78 is 0. The smallest absolute Gasteiger partial charge is 0.243 e. The van der Waals surface area contributed by atoms with Crippen molar-refractivity contribution >= 4 is 11.8 Å². The van der Waals surface area contributed by atoms with E-state index in [1.165, 1.54) is 0 Å². The van der Waals surface area contributed by atoms with E-state index in [1.807, 2.05) is 32.9 Å².